The molecule has 2 aliphatic carbocycles. The summed E-state index contributed by atoms with van der Waals surface area (Å²) < 4.78 is 26.8. The number of anilines is 1. The van der Waals surface area contributed by atoms with Gasteiger partial charge in [0.05, 0.1) is 12.2 Å². The zero-order valence-electron chi connectivity index (χ0n) is 29.2. The summed E-state index contributed by atoms with van der Waals surface area (Å²) >= 11 is 0. The lowest BCUT2D eigenvalue weighted by Crippen LogP contribution is -2.65. The highest BCUT2D eigenvalue weighted by Gasteiger charge is 2.55. The minimum Gasteiger partial charge on any atom is -0.439 e. The number of hydrogen-bond donors (Lipinski definition) is 0. The zero-order valence-corrected chi connectivity index (χ0v) is 29.2. The highest BCUT2D eigenvalue weighted by molar-refractivity contribution is 5.73. The molecule has 6 aliphatic rings. The fraction of sp³-hybridized carbons (Fsp3) is 0.622. The average Bonchev–Trinajstić information content (AvgIpc) is 3.59. The molecule has 12 nitrogen and oxygen atoms in total. The van der Waals surface area contributed by atoms with Gasteiger partial charge in [-0.05, 0) is 62.1 Å². The summed E-state index contributed by atoms with van der Waals surface area (Å²) in [4.78, 5) is 34.8. The van der Waals surface area contributed by atoms with E-state index >= 15 is 0 Å². The number of hydrogen-bond acceptors (Lipinski definition) is 11. The van der Waals surface area contributed by atoms with E-state index in [1.807, 2.05) is 7.05 Å². The molecule has 2 saturated carbocycles. The van der Waals surface area contributed by atoms with Crippen LogP contribution in [-0.2, 0) is 4.74 Å². The van der Waals surface area contributed by atoms with Gasteiger partial charge in [-0.25, -0.2) is 24.1 Å². The van der Waals surface area contributed by atoms with Crippen molar-refractivity contribution in [3.8, 4) is 22.8 Å². The summed E-state index contributed by atoms with van der Waals surface area (Å²) in [6.07, 6.45) is 11.2. The van der Waals surface area contributed by atoms with Crippen molar-refractivity contribution in [3.63, 3.8) is 0 Å². The Morgan fingerprint density at radius 2 is 1.84 bits per heavy atom. The lowest BCUT2D eigenvalue weighted by molar-refractivity contribution is -0.0797. The maximum Gasteiger partial charge on any atom is 0.410 e. The van der Waals surface area contributed by atoms with Gasteiger partial charge in [-0.15, -0.1) is 10.2 Å². The van der Waals surface area contributed by atoms with Crippen molar-refractivity contribution in [2.45, 2.75) is 76.0 Å². The van der Waals surface area contributed by atoms with E-state index < -0.39 is 0 Å². The lowest BCUT2D eigenvalue weighted by Gasteiger charge is -2.57. The van der Waals surface area contributed by atoms with Crippen molar-refractivity contribution in [1.82, 2.24) is 39.8 Å². The minimum atomic E-state index is -0.350. The van der Waals surface area contributed by atoms with Crippen molar-refractivity contribution in [2.75, 3.05) is 57.8 Å². The number of likely N-dealkylation sites (N-methyl/N-ethyl adjacent to an activating group) is 1. The third-order valence-corrected chi connectivity index (χ3v) is 12.3. The van der Waals surface area contributed by atoms with Gasteiger partial charge < -0.3 is 19.3 Å². The molecular weight excluding hydrogens is 637 g/mol. The largest absolute Gasteiger partial charge is 0.439 e. The lowest BCUT2D eigenvalue weighted by atomic mass is 9.68. The van der Waals surface area contributed by atoms with Crippen LogP contribution >= 0.6 is 0 Å². The molecule has 6 fully saturated rings. The van der Waals surface area contributed by atoms with Crippen LogP contribution in [0.2, 0.25) is 0 Å². The molecular formula is C37H46FN9O3. The van der Waals surface area contributed by atoms with Gasteiger partial charge in [-0.2, -0.15) is 0 Å². The predicted octanol–water partition coefficient (Wildman–Crippen LogP) is 4.98. The number of amides is 1. The maximum atomic E-state index is 14.6. The fourth-order valence-electron chi connectivity index (χ4n) is 9.74. The molecule has 0 radical (unpaired) electrons. The Hall–Kier alpha value is -3.97. The molecule has 2 spiro atoms. The monoisotopic (exact) mass is 683 g/mol. The van der Waals surface area contributed by atoms with Crippen LogP contribution in [0.25, 0.3) is 11.1 Å². The summed E-state index contributed by atoms with van der Waals surface area (Å²) in [7, 11) is 1.84. The minimum absolute atomic E-state index is 0.182. The summed E-state index contributed by atoms with van der Waals surface area (Å²) in [5, 5.41) is 8.44. The molecule has 1 amide bonds. The molecule has 1 unspecified atom stereocenters. The van der Waals surface area contributed by atoms with Crippen LogP contribution in [0.1, 0.15) is 64.0 Å². The van der Waals surface area contributed by atoms with Crippen LogP contribution in [-0.4, -0.2) is 116 Å². The summed E-state index contributed by atoms with van der Waals surface area (Å²) in [6.45, 7) is 11.2. The molecule has 3 aromatic rings. The van der Waals surface area contributed by atoms with Crippen LogP contribution in [0.3, 0.4) is 0 Å². The van der Waals surface area contributed by atoms with Crippen molar-refractivity contribution in [3.05, 3.63) is 48.6 Å². The number of nitrogens with zero attached hydrogens (tertiary/aromatic N) is 9. The standard InChI is InChI=1S/C37H46FN9O3/c1-23(2)32(25-12-27(13-25)45-11-9-37(20-45)19-44(3)35(48)50-37)47-17-36(18-47)8-10-46(16-36)33-34(43-42-22-41-33)49-30-7-6-26(38)14-28(30)29-15-39-21-40-31(29)24-4-5-24/h6-7,14-15,21-25,27,32H,4-5,8-13,16-20H2,1-3H3/t25?,27?,32-,37?/m1/s1. The molecule has 0 bridgehead atoms. The van der Waals surface area contributed by atoms with Gasteiger partial charge in [0, 0.05) is 93.5 Å². The number of likely N-dealkylation sites (tertiary alicyclic amines) is 2. The Morgan fingerprint density at radius 1 is 1.00 bits per heavy atom. The zero-order chi connectivity index (χ0) is 34.2. The topological polar surface area (TPSA) is 113 Å². The molecule has 4 aliphatic heterocycles. The summed E-state index contributed by atoms with van der Waals surface area (Å²) in [6, 6.07) is 5.68. The number of benzene rings is 1. The van der Waals surface area contributed by atoms with Gasteiger partial charge in [0.15, 0.2) is 5.82 Å². The maximum absolute atomic E-state index is 14.6. The van der Waals surface area contributed by atoms with E-state index in [4.69, 9.17) is 9.47 Å². The van der Waals surface area contributed by atoms with Crippen LogP contribution < -0.4 is 9.64 Å². The Labute approximate surface area is 292 Å². The van der Waals surface area contributed by atoms with E-state index in [2.05, 4.69) is 53.7 Å². The first kappa shape index (κ1) is 32.0. The normalized spacial score (nSPS) is 28.4. The van der Waals surface area contributed by atoms with E-state index in [9.17, 15) is 9.18 Å². The van der Waals surface area contributed by atoms with Gasteiger partial charge in [0.1, 0.15) is 29.8 Å². The predicted molar refractivity (Wildman–Crippen MR) is 183 cm³/mol. The average molecular weight is 684 g/mol. The molecule has 6 heterocycles. The molecule has 1 aromatic carbocycles. The van der Waals surface area contributed by atoms with Crippen molar-refractivity contribution in [2.24, 2.45) is 17.3 Å². The second kappa shape index (κ2) is 12.1. The molecule has 9 rings (SSSR count). The quantitative estimate of drug-likeness (QED) is 0.305. The van der Waals surface area contributed by atoms with Crippen LogP contribution in [0.15, 0.2) is 37.1 Å². The SMILES string of the molecule is CC(C)[C@H](C1CC(N2CCC3(CN(C)C(=O)O3)C2)C1)N1CC2(CCN(c3ncnnc3Oc3ccc(F)cc3-c3cncnc3C3CC3)C2)C1. The van der Waals surface area contributed by atoms with Gasteiger partial charge in [0.2, 0.25) is 0 Å². The summed E-state index contributed by atoms with van der Waals surface area (Å²) in [5.41, 5.74) is 2.21. The smallest absolute Gasteiger partial charge is 0.410 e. The fourth-order valence-corrected chi connectivity index (χ4v) is 9.74. The Bertz CT molecular complexity index is 1780. The van der Waals surface area contributed by atoms with Gasteiger partial charge >= 0.3 is 6.09 Å². The van der Waals surface area contributed by atoms with E-state index in [0.717, 1.165) is 76.2 Å². The van der Waals surface area contributed by atoms with Crippen LogP contribution in [0.5, 0.6) is 11.6 Å². The van der Waals surface area contributed by atoms with Crippen LogP contribution in [0.4, 0.5) is 15.0 Å². The number of aromatic nitrogens is 5. The van der Waals surface area contributed by atoms with Crippen molar-refractivity contribution in [1.29, 1.82) is 0 Å². The van der Waals surface area contributed by atoms with E-state index in [0.29, 0.717) is 59.4 Å². The molecule has 0 N–H and O–H groups in total. The first-order valence-electron chi connectivity index (χ1n) is 18.3. The third-order valence-electron chi connectivity index (χ3n) is 12.3. The third kappa shape index (κ3) is 5.66. The number of halogens is 1. The molecule has 2 atom stereocenters. The Morgan fingerprint density at radius 3 is 2.60 bits per heavy atom. The van der Waals surface area contributed by atoms with E-state index in [-0.39, 0.29) is 22.9 Å². The van der Waals surface area contributed by atoms with Gasteiger partial charge in [-0.1, -0.05) is 13.8 Å². The number of rotatable bonds is 9. The Balaban J connectivity index is 0.851. The van der Waals surface area contributed by atoms with E-state index in [1.165, 1.54) is 31.3 Å². The van der Waals surface area contributed by atoms with Crippen molar-refractivity contribution < 1.29 is 18.7 Å². The first-order chi connectivity index (χ1) is 24.2. The van der Waals surface area contributed by atoms with Gasteiger partial charge in [-0.3, -0.25) is 9.80 Å². The summed E-state index contributed by atoms with van der Waals surface area (Å²) in [5.74, 6) is 2.75. The van der Waals surface area contributed by atoms with Crippen LogP contribution in [0, 0.1) is 23.1 Å². The van der Waals surface area contributed by atoms with E-state index in [1.54, 1.807) is 23.5 Å². The molecule has 2 aromatic heterocycles. The molecule has 4 saturated heterocycles. The number of ether oxygens (including phenoxy) is 2. The second-order valence-corrected chi connectivity index (χ2v) is 16.3. The highest BCUT2D eigenvalue weighted by atomic mass is 19.1. The molecule has 50 heavy (non-hydrogen) atoms. The Kier molecular flexibility index (Phi) is 7.72. The first-order valence-corrected chi connectivity index (χ1v) is 18.3. The molecule has 264 valence electrons. The highest BCUT2D eigenvalue weighted by Crippen LogP contribution is 2.50. The number of carbonyl (C=O) groups excluding carboxylic acids is 1. The number of carbonyl (C=O) groups is 1. The van der Waals surface area contributed by atoms with Crippen molar-refractivity contribution >= 4 is 11.9 Å². The second-order valence-electron chi connectivity index (χ2n) is 16.3. The van der Waals surface area contributed by atoms with Gasteiger partial charge in [0.25, 0.3) is 5.88 Å². The molecule has 13 heteroatoms.